The third kappa shape index (κ3) is 5.30. The molecule has 0 saturated carbocycles. The molecular weight excluding hydrogens is 236 g/mol. The molecule has 0 amide bonds. The van der Waals surface area contributed by atoms with E-state index in [2.05, 4.69) is 44.2 Å². The first-order chi connectivity index (χ1) is 8.79. The molecule has 0 radical (unpaired) electrons. The molecule has 0 nitrogen and oxygen atoms in total. The van der Waals surface area contributed by atoms with Crippen molar-refractivity contribution >= 4 is 17.1 Å². The van der Waals surface area contributed by atoms with Gasteiger partial charge in [-0.05, 0) is 24.8 Å². The highest BCUT2D eigenvalue weighted by atomic mass is 32.1. The summed E-state index contributed by atoms with van der Waals surface area (Å²) in [6.45, 7) is 4.49. The predicted octanol–water partition coefficient (Wildman–Crippen LogP) is 5.91. The minimum atomic E-state index is 0.499. The molecule has 1 unspecified atom stereocenters. The third-order valence-corrected chi connectivity index (χ3v) is 3.95. The van der Waals surface area contributed by atoms with Gasteiger partial charge in [0.25, 0.3) is 0 Å². The standard InChI is InChI=1S/C17H26S/c1-3-5-8-13-16(17(18)14-6-4-2)15-11-9-7-10-12-15/h7,9-12,16H,3-6,8,13-14H2,1-2H3. The first-order valence-corrected chi connectivity index (χ1v) is 7.78. The van der Waals surface area contributed by atoms with Crippen LogP contribution < -0.4 is 0 Å². The Morgan fingerprint density at radius 2 is 1.67 bits per heavy atom. The summed E-state index contributed by atoms with van der Waals surface area (Å²) in [5.74, 6) is 0.499. The van der Waals surface area contributed by atoms with Crippen molar-refractivity contribution in [1.29, 1.82) is 0 Å². The monoisotopic (exact) mass is 262 g/mol. The Balaban J connectivity index is 2.65. The van der Waals surface area contributed by atoms with Crippen LogP contribution in [0.5, 0.6) is 0 Å². The van der Waals surface area contributed by atoms with Crippen molar-refractivity contribution in [3.63, 3.8) is 0 Å². The topological polar surface area (TPSA) is 0 Å². The lowest BCUT2D eigenvalue weighted by Gasteiger charge is -2.18. The molecule has 0 N–H and O–H groups in total. The summed E-state index contributed by atoms with van der Waals surface area (Å²) in [6.07, 6.45) is 8.69. The van der Waals surface area contributed by atoms with Crippen LogP contribution in [0.15, 0.2) is 30.3 Å². The molecule has 0 aromatic heterocycles. The average molecular weight is 262 g/mol. The van der Waals surface area contributed by atoms with Gasteiger partial charge in [0.05, 0.1) is 0 Å². The van der Waals surface area contributed by atoms with Gasteiger partial charge < -0.3 is 0 Å². The van der Waals surface area contributed by atoms with E-state index < -0.39 is 0 Å². The summed E-state index contributed by atoms with van der Waals surface area (Å²) in [4.78, 5) is 1.26. The van der Waals surface area contributed by atoms with Gasteiger partial charge in [0.1, 0.15) is 0 Å². The van der Waals surface area contributed by atoms with E-state index in [9.17, 15) is 0 Å². The lowest BCUT2D eigenvalue weighted by atomic mass is 9.88. The van der Waals surface area contributed by atoms with E-state index in [-0.39, 0.29) is 0 Å². The first kappa shape index (κ1) is 15.4. The third-order valence-electron chi connectivity index (χ3n) is 3.46. The molecule has 0 heterocycles. The second kappa shape index (κ2) is 9.27. The summed E-state index contributed by atoms with van der Waals surface area (Å²) < 4.78 is 0. The number of hydrogen-bond donors (Lipinski definition) is 0. The number of hydrogen-bond acceptors (Lipinski definition) is 1. The highest BCUT2D eigenvalue weighted by molar-refractivity contribution is 7.80. The lowest BCUT2D eigenvalue weighted by Crippen LogP contribution is -2.10. The summed E-state index contributed by atoms with van der Waals surface area (Å²) >= 11 is 5.67. The van der Waals surface area contributed by atoms with Gasteiger partial charge in [-0.15, -0.1) is 0 Å². The van der Waals surface area contributed by atoms with E-state index in [1.165, 1.54) is 49.0 Å². The molecule has 1 atom stereocenters. The Morgan fingerprint density at radius 3 is 2.28 bits per heavy atom. The van der Waals surface area contributed by atoms with Crippen molar-refractivity contribution in [2.75, 3.05) is 0 Å². The lowest BCUT2D eigenvalue weighted by molar-refractivity contribution is 0.639. The van der Waals surface area contributed by atoms with Crippen LogP contribution in [0.1, 0.15) is 70.3 Å². The van der Waals surface area contributed by atoms with Gasteiger partial charge in [-0.2, -0.15) is 0 Å². The molecule has 100 valence electrons. The molecule has 0 bridgehead atoms. The zero-order valence-electron chi connectivity index (χ0n) is 11.8. The minimum Gasteiger partial charge on any atom is -0.0890 e. The van der Waals surface area contributed by atoms with E-state index in [0.29, 0.717) is 5.92 Å². The summed E-state index contributed by atoms with van der Waals surface area (Å²) in [7, 11) is 0. The number of rotatable bonds is 9. The summed E-state index contributed by atoms with van der Waals surface area (Å²) in [5.41, 5.74) is 1.41. The van der Waals surface area contributed by atoms with Crippen molar-refractivity contribution in [3.05, 3.63) is 35.9 Å². The average Bonchev–Trinajstić information content (AvgIpc) is 2.42. The van der Waals surface area contributed by atoms with E-state index in [1.807, 2.05) is 0 Å². The molecule has 1 aromatic rings. The SMILES string of the molecule is CCCCCC(C(=S)CCCC)c1ccccc1. The van der Waals surface area contributed by atoms with Gasteiger partial charge in [0.15, 0.2) is 0 Å². The van der Waals surface area contributed by atoms with Gasteiger partial charge in [0, 0.05) is 10.8 Å². The van der Waals surface area contributed by atoms with E-state index >= 15 is 0 Å². The Morgan fingerprint density at radius 1 is 1.00 bits per heavy atom. The predicted molar refractivity (Wildman–Crippen MR) is 85.4 cm³/mol. The second-order valence-corrected chi connectivity index (χ2v) is 5.55. The molecule has 0 fully saturated rings. The summed E-state index contributed by atoms with van der Waals surface area (Å²) in [5, 5.41) is 0. The summed E-state index contributed by atoms with van der Waals surface area (Å²) in [6, 6.07) is 10.8. The van der Waals surface area contributed by atoms with Crippen molar-refractivity contribution in [2.45, 2.75) is 64.7 Å². The smallest absolute Gasteiger partial charge is 0.0153 e. The minimum absolute atomic E-state index is 0.499. The molecule has 0 spiro atoms. The van der Waals surface area contributed by atoms with E-state index in [0.717, 1.165) is 6.42 Å². The quantitative estimate of drug-likeness (QED) is 0.394. The molecular formula is C17H26S. The number of benzene rings is 1. The highest BCUT2D eigenvalue weighted by Crippen LogP contribution is 2.26. The number of unbranched alkanes of at least 4 members (excludes halogenated alkanes) is 3. The van der Waals surface area contributed by atoms with E-state index in [1.54, 1.807) is 0 Å². The van der Waals surface area contributed by atoms with Crippen LogP contribution in [-0.4, -0.2) is 4.86 Å². The normalized spacial score (nSPS) is 12.3. The van der Waals surface area contributed by atoms with Crippen LogP contribution in [-0.2, 0) is 0 Å². The fraction of sp³-hybridized carbons (Fsp3) is 0.588. The van der Waals surface area contributed by atoms with Crippen molar-refractivity contribution in [2.24, 2.45) is 0 Å². The Kier molecular flexibility index (Phi) is 7.91. The molecule has 1 rings (SSSR count). The van der Waals surface area contributed by atoms with Gasteiger partial charge in [-0.25, -0.2) is 0 Å². The maximum atomic E-state index is 5.67. The van der Waals surface area contributed by atoms with Crippen LogP contribution in [0.2, 0.25) is 0 Å². The molecule has 18 heavy (non-hydrogen) atoms. The molecule has 0 aliphatic heterocycles. The van der Waals surface area contributed by atoms with Crippen molar-refractivity contribution < 1.29 is 0 Å². The zero-order chi connectivity index (χ0) is 13.2. The first-order valence-electron chi connectivity index (χ1n) is 7.37. The second-order valence-electron chi connectivity index (χ2n) is 5.03. The van der Waals surface area contributed by atoms with Crippen LogP contribution >= 0.6 is 12.2 Å². The van der Waals surface area contributed by atoms with Gasteiger partial charge in [-0.1, -0.05) is 82.1 Å². The van der Waals surface area contributed by atoms with Crippen molar-refractivity contribution in [1.82, 2.24) is 0 Å². The largest absolute Gasteiger partial charge is 0.0890 e. The van der Waals surface area contributed by atoms with Crippen LogP contribution in [0, 0.1) is 0 Å². The van der Waals surface area contributed by atoms with Crippen LogP contribution in [0.3, 0.4) is 0 Å². The molecule has 0 aliphatic rings. The van der Waals surface area contributed by atoms with Crippen LogP contribution in [0.4, 0.5) is 0 Å². The molecule has 0 saturated heterocycles. The van der Waals surface area contributed by atoms with Gasteiger partial charge >= 0.3 is 0 Å². The molecule has 1 aromatic carbocycles. The Labute approximate surface area is 118 Å². The zero-order valence-corrected chi connectivity index (χ0v) is 12.6. The van der Waals surface area contributed by atoms with Crippen molar-refractivity contribution in [3.8, 4) is 0 Å². The van der Waals surface area contributed by atoms with Crippen LogP contribution in [0.25, 0.3) is 0 Å². The maximum Gasteiger partial charge on any atom is 0.0153 e. The fourth-order valence-electron chi connectivity index (χ4n) is 2.32. The maximum absolute atomic E-state index is 5.67. The Hall–Kier alpha value is -0.690. The Bertz CT molecular complexity index is 329. The number of thiocarbonyl (C=S) groups is 1. The van der Waals surface area contributed by atoms with Gasteiger partial charge in [-0.3, -0.25) is 0 Å². The fourth-order valence-corrected chi connectivity index (χ4v) is 2.72. The molecule has 1 heteroatoms. The van der Waals surface area contributed by atoms with E-state index in [4.69, 9.17) is 12.2 Å². The highest BCUT2D eigenvalue weighted by Gasteiger charge is 2.15. The van der Waals surface area contributed by atoms with Gasteiger partial charge in [0.2, 0.25) is 0 Å². The molecule has 0 aliphatic carbocycles.